The summed E-state index contributed by atoms with van der Waals surface area (Å²) in [5.41, 5.74) is 0. The summed E-state index contributed by atoms with van der Waals surface area (Å²) < 4.78 is 0. The lowest BCUT2D eigenvalue weighted by Crippen LogP contribution is -2.01. The molecule has 0 aromatic carbocycles. The molecule has 1 fully saturated rings. The van der Waals surface area contributed by atoms with E-state index in [1.54, 1.807) is 5.92 Å². The Hall–Kier alpha value is -0.790. The molecule has 1 rings (SSSR count). The van der Waals surface area contributed by atoms with Crippen LogP contribution >= 0.6 is 0 Å². The van der Waals surface area contributed by atoms with Crippen LogP contribution in [-0.2, 0) is 4.79 Å². The van der Waals surface area contributed by atoms with Crippen LogP contribution in [0.5, 0.6) is 0 Å². The smallest absolute Gasteiger partial charge is 0.303 e. The van der Waals surface area contributed by atoms with E-state index in [-0.39, 0.29) is 0 Å². The molecular formula is C15H27O2. The van der Waals surface area contributed by atoms with Crippen molar-refractivity contribution >= 4 is 5.97 Å². The average Bonchev–Trinajstić information content (AvgIpc) is 2.32. The van der Waals surface area contributed by atoms with Crippen molar-refractivity contribution in [3.63, 3.8) is 0 Å². The molecule has 0 heterocycles. The molecule has 1 saturated carbocycles. The van der Waals surface area contributed by atoms with Gasteiger partial charge in [-0.15, -0.1) is 6.58 Å². The molecule has 1 aliphatic rings. The van der Waals surface area contributed by atoms with Crippen LogP contribution in [0.3, 0.4) is 0 Å². The quantitative estimate of drug-likeness (QED) is 0.536. The van der Waals surface area contributed by atoms with Crippen LogP contribution in [-0.4, -0.2) is 11.1 Å². The van der Waals surface area contributed by atoms with Gasteiger partial charge in [-0.2, -0.15) is 0 Å². The lowest BCUT2D eigenvalue weighted by Gasteiger charge is -2.18. The van der Waals surface area contributed by atoms with Gasteiger partial charge in [0.05, 0.1) is 0 Å². The molecule has 0 unspecified atom stereocenters. The molecule has 2 heteroatoms. The number of hydrogen-bond donors (Lipinski definition) is 1. The highest BCUT2D eigenvalue weighted by molar-refractivity contribution is 5.66. The summed E-state index contributed by atoms with van der Waals surface area (Å²) in [5.74, 6) is 1.04. The van der Waals surface area contributed by atoms with E-state index in [0.29, 0.717) is 6.42 Å². The third kappa shape index (κ3) is 11.5. The Morgan fingerprint density at radius 2 is 1.94 bits per heavy atom. The molecule has 0 aliphatic heterocycles. The fraction of sp³-hybridized carbons (Fsp3) is 0.733. The Bertz CT molecular complexity index is 193. The third-order valence-corrected chi connectivity index (χ3v) is 2.99. The lowest BCUT2D eigenvalue weighted by molar-refractivity contribution is -0.137. The second kappa shape index (κ2) is 11.7. The Morgan fingerprint density at radius 3 is 2.41 bits per heavy atom. The van der Waals surface area contributed by atoms with Gasteiger partial charge in [-0.3, -0.25) is 4.79 Å². The Balaban J connectivity index is 0.000000304. The van der Waals surface area contributed by atoms with Gasteiger partial charge in [0.2, 0.25) is 0 Å². The number of unbranched alkanes of at least 4 members (excludes halogenated alkanes) is 2. The topological polar surface area (TPSA) is 37.3 Å². The van der Waals surface area contributed by atoms with Gasteiger partial charge in [0.15, 0.2) is 0 Å². The van der Waals surface area contributed by atoms with E-state index in [4.69, 9.17) is 5.11 Å². The van der Waals surface area contributed by atoms with Crippen LogP contribution in [0.2, 0.25) is 0 Å². The van der Waals surface area contributed by atoms with Crippen molar-refractivity contribution in [2.75, 3.05) is 0 Å². The second-order valence-corrected chi connectivity index (χ2v) is 4.65. The second-order valence-electron chi connectivity index (χ2n) is 4.65. The minimum atomic E-state index is -0.682. The highest BCUT2D eigenvalue weighted by atomic mass is 16.4. The summed E-state index contributed by atoms with van der Waals surface area (Å²) in [4.78, 5) is 9.87. The summed E-state index contributed by atoms with van der Waals surface area (Å²) in [5, 5.41) is 8.14. The highest BCUT2D eigenvalue weighted by Gasteiger charge is 2.11. The number of allylic oxidation sites excluding steroid dienone is 1. The molecular weight excluding hydrogens is 212 g/mol. The monoisotopic (exact) mass is 239 g/mol. The zero-order chi connectivity index (χ0) is 12.9. The van der Waals surface area contributed by atoms with Crippen molar-refractivity contribution in [3.8, 4) is 0 Å². The van der Waals surface area contributed by atoms with Crippen molar-refractivity contribution in [2.24, 2.45) is 0 Å². The van der Waals surface area contributed by atoms with E-state index in [0.717, 1.165) is 19.3 Å². The Labute approximate surface area is 106 Å². The van der Waals surface area contributed by atoms with Crippen molar-refractivity contribution in [1.29, 1.82) is 0 Å². The number of aliphatic carboxylic acids is 1. The van der Waals surface area contributed by atoms with Gasteiger partial charge < -0.3 is 5.11 Å². The summed E-state index contributed by atoms with van der Waals surface area (Å²) in [6.07, 6.45) is 13.5. The van der Waals surface area contributed by atoms with E-state index >= 15 is 0 Å². The summed E-state index contributed by atoms with van der Waals surface area (Å²) >= 11 is 0. The average molecular weight is 239 g/mol. The predicted molar refractivity (Wildman–Crippen MR) is 72.9 cm³/mol. The normalized spacial score (nSPS) is 15.8. The van der Waals surface area contributed by atoms with E-state index < -0.39 is 5.97 Å². The molecule has 0 spiro atoms. The van der Waals surface area contributed by atoms with Crippen molar-refractivity contribution in [1.82, 2.24) is 0 Å². The standard InChI is InChI=1S/C9H15.C6H12O2/c1-2-6-9-7-4-3-5-8-9;1-2-3-4-5-6(7)8/h2H,1,3-8H2;2-5H2,1H3,(H,7,8). The zero-order valence-corrected chi connectivity index (χ0v) is 11.2. The molecule has 1 aliphatic carbocycles. The maximum absolute atomic E-state index is 9.87. The lowest BCUT2D eigenvalue weighted by atomic mass is 9.87. The molecule has 0 bridgehead atoms. The van der Waals surface area contributed by atoms with Crippen LogP contribution in [0.15, 0.2) is 12.7 Å². The van der Waals surface area contributed by atoms with Crippen molar-refractivity contribution < 1.29 is 9.90 Å². The minimum Gasteiger partial charge on any atom is -0.481 e. The summed E-state index contributed by atoms with van der Waals surface area (Å²) in [7, 11) is 0. The van der Waals surface area contributed by atoms with Crippen LogP contribution < -0.4 is 0 Å². The van der Waals surface area contributed by atoms with Gasteiger partial charge in [0, 0.05) is 6.42 Å². The van der Waals surface area contributed by atoms with Crippen LogP contribution in [0.1, 0.15) is 71.1 Å². The van der Waals surface area contributed by atoms with Gasteiger partial charge in [-0.1, -0.05) is 45.1 Å². The molecule has 1 N–H and O–H groups in total. The molecule has 0 amide bonds. The van der Waals surface area contributed by atoms with Crippen molar-refractivity contribution in [2.45, 2.75) is 71.1 Å². The number of carbonyl (C=O) groups is 1. The first kappa shape index (κ1) is 16.2. The fourth-order valence-electron chi connectivity index (χ4n) is 1.99. The third-order valence-electron chi connectivity index (χ3n) is 2.99. The number of carboxylic acids is 1. The number of hydrogen-bond acceptors (Lipinski definition) is 1. The molecule has 0 saturated heterocycles. The molecule has 0 aromatic heterocycles. The van der Waals surface area contributed by atoms with Gasteiger partial charge in [-0.25, -0.2) is 0 Å². The van der Waals surface area contributed by atoms with Crippen LogP contribution in [0.25, 0.3) is 0 Å². The first-order chi connectivity index (χ1) is 8.20. The Morgan fingerprint density at radius 1 is 1.29 bits per heavy atom. The summed E-state index contributed by atoms with van der Waals surface area (Å²) in [6, 6.07) is 0. The van der Waals surface area contributed by atoms with Crippen LogP contribution in [0.4, 0.5) is 0 Å². The number of rotatable bonds is 6. The SMILES string of the molecule is C=CC[C]1CCCCC1.CCCCCC(=O)O. The van der Waals surface area contributed by atoms with Gasteiger partial charge >= 0.3 is 5.97 Å². The summed E-state index contributed by atoms with van der Waals surface area (Å²) in [6.45, 7) is 5.79. The van der Waals surface area contributed by atoms with Gasteiger partial charge in [0.25, 0.3) is 0 Å². The molecule has 0 atom stereocenters. The predicted octanol–water partition coefficient (Wildman–Crippen LogP) is 4.75. The fourth-order valence-corrected chi connectivity index (χ4v) is 1.99. The van der Waals surface area contributed by atoms with Crippen molar-refractivity contribution in [3.05, 3.63) is 18.6 Å². The first-order valence-electron chi connectivity index (χ1n) is 6.87. The highest BCUT2D eigenvalue weighted by Crippen LogP contribution is 2.27. The van der Waals surface area contributed by atoms with E-state index in [1.807, 2.05) is 6.08 Å². The Kier molecular flexibility index (Phi) is 11.1. The maximum atomic E-state index is 9.87. The number of carboxylic acid groups (broad SMARTS) is 1. The largest absolute Gasteiger partial charge is 0.481 e. The maximum Gasteiger partial charge on any atom is 0.303 e. The van der Waals surface area contributed by atoms with E-state index in [1.165, 1.54) is 38.5 Å². The van der Waals surface area contributed by atoms with E-state index in [2.05, 4.69) is 13.5 Å². The van der Waals surface area contributed by atoms with Gasteiger partial charge in [-0.05, 0) is 31.6 Å². The van der Waals surface area contributed by atoms with Gasteiger partial charge in [0.1, 0.15) is 0 Å². The molecule has 2 nitrogen and oxygen atoms in total. The molecule has 17 heavy (non-hydrogen) atoms. The first-order valence-corrected chi connectivity index (χ1v) is 6.87. The van der Waals surface area contributed by atoms with E-state index in [9.17, 15) is 4.79 Å². The minimum absolute atomic E-state index is 0.327. The molecule has 1 radical (unpaired) electrons. The molecule has 0 aromatic rings. The van der Waals surface area contributed by atoms with Crippen LogP contribution in [0, 0.1) is 5.92 Å². The zero-order valence-electron chi connectivity index (χ0n) is 11.2. The molecule has 99 valence electrons.